The van der Waals surface area contributed by atoms with Crippen LogP contribution in [0.4, 0.5) is 0 Å². The predicted molar refractivity (Wildman–Crippen MR) is 53.9 cm³/mol. The Morgan fingerprint density at radius 1 is 1.67 bits per heavy atom. The van der Waals surface area contributed by atoms with Gasteiger partial charge in [0.25, 0.3) is 0 Å². The largest absolute Gasteiger partial charge is 0.223 e. The molecule has 1 atom stereocenters. The lowest BCUT2D eigenvalue weighted by atomic mass is 11.0. The molecule has 0 bridgehead atoms. The van der Waals surface area contributed by atoms with Gasteiger partial charge in [-0.15, -0.1) is 11.4 Å². The average molecular weight is 298 g/mol. The fourth-order valence-corrected chi connectivity index (χ4v) is 6.95. The molecule has 0 fully saturated rings. The van der Waals surface area contributed by atoms with Crippen LogP contribution in [-0.4, -0.2) is 20.4 Å². The smallest absolute Gasteiger partial charge is 0.183 e. The van der Waals surface area contributed by atoms with Crippen LogP contribution in [-0.2, 0) is 9.46 Å². The zero-order chi connectivity index (χ0) is 7.49. The number of hydrogen-bond acceptors (Lipinski definition) is 3. The highest BCUT2D eigenvalue weighted by atomic mass is 127. The summed E-state index contributed by atoms with van der Waals surface area (Å²) in [4.78, 5) is 0. The van der Waals surface area contributed by atoms with Gasteiger partial charge in [-0.05, 0) is 27.8 Å². The Hall–Kier alpha value is 1.46. The first-order valence-electron chi connectivity index (χ1n) is 2.27. The summed E-state index contributed by atoms with van der Waals surface area (Å²) in [6, 6.07) is 0. The minimum Gasteiger partial charge on any atom is -0.223 e. The molecule has 0 N–H and O–H groups in total. The van der Waals surface area contributed by atoms with Crippen LogP contribution in [0.2, 0.25) is 0 Å². The molecule has 0 spiro atoms. The Labute approximate surface area is 73.8 Å². The molecular formula is C3H8IO2PS2. The van der Waals surface area contributed by atoms with Crippen molar-refractivity contribution in [3.63, 3.8) is 0 Å². The minimum absolute atomic E-state index is 0.863. The highest BCUT2D eigenvalue weighted by Gasteiger charge is 2.15. The van der Waals surface area contributed by atoms with Crippen LogP contribution in [0, 0.1) is 0 Å². The molecule has 0 amide bonds. The van der Waals surface area contributed by atoms with Gasteiger partial charge in [0, 0.05) is 6.26 Å². The van der Waals surface area contributed by atoms with Gasteiger partial charge in [-0.1, -0.05) is 6.92 Å². The molecule has 0 heterocycles. The van der Waals surface area contributed by atoms with Crippen LogP contribution >= 0.6 is 37.4 Å². The molecule has 0 aromatic carbocycles. The van der Waals surface area contributed by atoms with E-state index in [4.69, 9.17) is 0 Å². The first-order chi connectivity index (χ1) is 3.98. The molecule has 56 valence electrons. The molecule has 1 unspecified atom stereocenters. The Morgan fingerprint density at radius 2 is 2.11 bits per heavy atom. The summed E-state index contributed by atoms with van der Waals surface area (Å²) in [5.74, 6) is 0.877. The second kappa shape index (κ2) is 4.36. The zero-order valence-electron chi connectivity index (χ0n) is 5.17. The van der Waals surface area contributed by atoms with Crippen molar-refractivity contribution in [1.29, 1.82) is 0 Å². The van der Waals surface area contributed by atoms with Crippen molar-refractivity contribution in [3.05, 3.63) is 0 Å². The first-order valence-corrected chi connectivity index (χ1v) is 10.5. The lowest BCUT2D eigenvalue weighted by Gasteiger charge is -2.02. The molecule has 0 aliphatic carbocycles. The third-order valence-electron chi connectivity index (χ3n) is 0.491. The molecule has 0 saturated carbocycles. The zero-order valence-corrected chi connectivity index (χ0v) is 9.85. The standard InChI is InChI=1S/C3H8IO2PS2/c1-3-8-7(4)9(2,5)6/h3H2,1-2H3. The highest BCUT2D eigenvalue weighted by molar-refractivity contribution is 14.2. The van der Waals surface area contributed by atoms with Crippen LogP contribution < -0.4 is 0 Å². The summed E-state index contributed by atoms with van der Waals surface area (Å²) >= 11 is 3.49. The maximum atomic E-state index is 10.7. The minimum atomic E-state index is -2.75. The van der Waals surface area contributed by atoms with E-state index in [1.807, 2.05) is 29.0 Å². The van der Waals surface area contributed by atoms with E-state index in [1.54, 1.807) is 0 Å². The van der Waals surface area contributed by atoms with Gasteiger partial charge >= 0.3 is 0 Å². The second-order valence-electron chi connectivity index (χ2n) is 1.36. The van der Waals surface area contributed by atoms with Crippen LogP contribution in [0.25, 0.3) is 0 Å². The van der Waals surface area contributed by atoms with Crippen LogP contribution in [0.1, 0.15) is 6.92 Å². The quantitative estimate of drug-likeness (QED) is 0.593. The molecule has 9 heavy (non-hydrogen) atoms. The van der Waals surface area contributed by atoms with E-state index >= 15 is 0 Å². The Bertz CT molecular complexity index is 167. The normalized spacial score (nSPS) is 15.4. The van der Waals surface area contributed by atoms with Gasteiger partial charge in [-0.2, -0.15) is 0 Å². The third kappa shape index (κ3) is 4.81. The number of halogens is 1. The lowest BCUT2D eigenvalue weighted by molar-refractivity contribution is 0.615. The van der Waals surface area contributed by atoms with E-state index in [2.05, 4.69) is 0 Å². The fraction of sp³-hybridized carbons (Fsp3) is 1.00. The van der Waals surface area contributed by atoms with Crippen molar-refractivity contribution in [3.8, 4) is 0 Å². The van der Waals surface area contributed by atoms with Gasteiger partial charge in [0.05, 0.1) is 0 Å². The van der Waals surface area contributed by atoms with Gasteiger partial charge in [0.15, 0.2) is 9.46 Å². The summed E-state index contributed by atoms with van der Waals surface area (Å²) in [6.07, 6.45) is 1.29. The van der Waals surface area contributed by atoms with Gasteiger partial charge in [0.1, 0.15) is 3.97 Å². The van der Waals surface area contributed by atoms with Gasteiger partial charge in [0.2, 0.25) is 0 Å². The van der Waals surface area contributed by atoms with Crippen molar-refractivity contribution < 1.29 is 8.42 Å². The number of rotatable bonds is 3. The fourth-order valence-electron chi connectivity index (χ4n) is 0.197. The highest BCUT2D eigenvalue weighted by Crippen LogP contribution is 2.61. The van der Waals surface area contributed by atoms with Crippen molar-refractivity contribution in [2.75, 3.05) is 12.0 Å². The molecule has 0 aromatic heterocycles. The van der Waals surface area contributed by atoms with E-state index in [0.717, 1.165) is 5.75 Å². The van der Waals surface area contributed by atoms with Crippen molar-refractivity contribution >= 4 is 46.8 Å². The summed E-state index contributed by atoms with van der Waals surface area (Å²) in [5.41, 5.74) is 0. The monoisotopic (exact) mass is 298 g/mol. The van der Waals surface area contributed by atoms with Crippen LogP contribution in [0.5, 0.6) is 0 Å². The van der Waals surface area contributed by atoms with E-state index < -0.39 is 13.4 Å². The van der Waals surface area contributed by atoms with Crippen LogP contribution in [0.3, 0.4) is 0 Å². The SMILES string of the molecule is CCSP(I)S(C)(=O)=O. The molecule has 0 aromatic rings. The molecule has 2 nitrogen and oxygen atoms in total. The van der Waals surface area contributed by atoms with Crippen LogP contribution in [0.15, 0.2) is 0 Å². The van der Waals surface area contributed by atoms with E-state index in [-0.39, 0.29) is 0 Å². The predicted octanol–water partition coefficient (Wildman–Crippen LogP) is 2.45. The molecule has 0 rings (SSSR count). The summed E-state index contributed by atoms with van der Waals surface area (Å²) in [5, 5.41) is 0. The molecular weight excluding hydrogens is 290 g/mol. The van der Waals surface area contributed by atoms with Crippen molar-refractivity contribution in [1.82, 2.24) is 0 Å². The molecule has 6 heteroatoms. The van der Waals surface area contributed by atoms with E-state index in [9.17, 15) is 8.42 Å². The summed E-state index contributed by atoms with van der Waals surface area (Å²) in [7, 11) is -2.75. The number of hydrogen-bond donors (Lipinski definition) is 0. The Kier molecular flexibility index (Phi) is 5.07. The molecule has 0 aliphatic rings. The van der Waals surface area contributed by atoms with Gasteiger partial charge in [-0.3, -0.25) is 0 Å². The molecule has 0 aliphatic heterocycles. The van der Waals surface area contributed by atoms with Gasteiger partial charge < -0.3 is 0 Å². The van der Waals surface area contributed by atoms with Crippen molar-refractivity contribution in [2.24, 2.45) is 0 Å². The van der Waals surface area contributed by atoms with E-state index in [0.29, 0.717) is 0 Å². The third-order valence-corrected chi connectivity index (χ3v) is 16.8. The maximum absolute atomic E-state index is 10.7. The first kappa shape index (κ1) is 10.5. The van der Waals surface area contributed by atoms with Crippen molar-refractivity contribution in [2.45, 2.75) is 6.92 Å². The summed E-state index contributed by atoms with van der Waals surface area (Å²) < 4.78 is 20.6. The molecule has 0 radical (unpaired) electrons. The Morgan fingerprint density at radius 3 is 2.22 bits per heavy atom. The molecule has 0 saturated heterocycles. The Balaban J connectivity index is 3.90. The summed E-state index contributed by atoms with van der Waals surface area (Å²) in [6.45, 7) is 1.96. The average Bonchev–Trinajstić information content (AvgIpc) is 1.64. The second-order valence-corrected chi connectivity index (χ2v) is 16.6. The maximum Gasteiger partial charge on any atom is 0.183 e. The topological polar surface area (TPSA) is 34.1 Å². The van der Waals surface area contributed by atoms with E-state index in [1.165, 1.54) is 17.6 Å². The van der Waals surface area contributed by atoms with Gasteiger partial charge in [-0.25, -0.2) is 8.42 Å². The lowest BCUT2D eigenvalue weighted by Crippen LogP contribution is -1.85.